The van der Waals surface area contributed by atoms with Gasteiger partial charge in [0.05, 0.1) is 17.2 Å². The maximum absolute atomic E-state index is 13.0. The van der Waals surface area contributed by atoms with E-state index in [4.69, 9.17) is 15.7 Å². The number of rotatable bonds is 6. The zero-order chi connectivity index (χ0) is 23.6. The normalized spacial score (nSPS) is 12.1. The van der Waals surface area contributed by atoms with Crippen LogP contribution < -0.4 is 11.1 Å². The number of aromatic nitrogens is 3. The van der Waals surface area contributed by atoms with E-state index in [2.05, 4.69) is 50.2 Å². The quantitative estimate of drug-likeness (QED) is 0.328. The van der Waals surface area contributed by atoms with Crippen molar-refractivity contribution in [3.05, 3.63) is 65.2 Å². The van der Waals surface area contributed by atoms with Gasteiger partial charge in [-0.1, -0.05) is 70.5 Å². The van der Waals surface area contributed by atoms with Crippen molar-refractivity contribution in [3.8, 4) is 0 Å². The summed E-state index contributed by atoms with van der Waals surface area (Å²) in [7, 11) is 0. The van der Waals surface area contributed by atoms with Gasteiger partial charge >= 0.3 is 0 Å². The number of nitrogens with one attached hydrogen (secondary N) is 1. The minimum Gasteiger partial charge on any atom is -0.383 e. The molecule has 4 aromatic rings. The predicted molar refractivity (Wildman–Crippen MR) is 135 cm³/mol. The summed E-state index contributed by atoms with van der Waals surface area (Å²) in [6, 6.07) is 15.8. The second-order valence-electron chi connectivity index (χ2n) is 9.18. The molecule has 0 fully saturated rings. The van der Waals surface area contributed by atoms with Gasteiger partial charge in [-0.15, -0.1) is 0 Å². The summed E-state index contributed by atoms with van der Waals surface area (Å²) in [5.74, 6) is -0.0455. The Bertz CT molecular complexity index is 1330. The Morgan fingerprint density at radius 3 is 2.39 bits per heavy atom. The zero-order valence-corrected chi connectivity index (χ0v) is 19.6. The highest BCUT2D eigenvalue weighted by Gasteiger charge is 2.23. The van der Waals surface area contributed by atoms with E-state index >= 15 is 0 Å². The fourth-order valence-electron chi connectivity index (χ4n) is 3.65. The molecule has 2 aromatic carbocycles. The third-order valence-corrected chi connectivity index (χ3v) is 5.62. The molecule has 0 aliphatic rings. The van der Waals surface area contributed by atoms with Crippen molar-refractivity contribution in [3.63, 3.8) is 0 Å². The van der Waals surface area contributed by atoms with Crippen LogP contribution in [-0.4, -0.2) is 33.3 Å². The molecule has 0 saturated carbocycles. The minimum atomic E-state index is -0.265. The van der Waals surface area contributed by atoms with Gasteiger partial charge in [-0.3, -0.25) is 4.79 Å². The van der Waals surface area contributed by atoms with Gasteiger partial charge in [-0.25, -0.2) is 9.97 Å². The highest BCUT2D eigenvalue weighted by Crippen LogP contribution is 2.28. The van der Waals surface area contributed by atoms with Crippen LogP contribution in [0, 0.1) is 0 Å². The first-order chi connectivity index (χ1) is 15.8. The van der Waals surface area contributed by atoms with Gasteiger partial charge in [-0.05, 0) is 35.1 Å². The molecule has 0 saturated heterocycles. The van der Waals surface area contributed by atoms with Gasteiger partial charge in [0.2, 0.25) is 0 Å². The largest absolute Gasteiger partial charge is 0.383 e. The lowest BCUT2D eigenvalue weighted by Gasteiger charge is -2.18. The number of anilines is 1. The van der Waals surface area contributed by atoms with Crippen molar-refractivity contribution >= 4 is 40.1 Å². The number of unbranched alkanes of at least 4 members (excludes halogenated alkanes) is 1. The van der Waals surface area contributed by atoms with Gasteiger partial charge in [0, 0.05) is 6.54 Å². The maximum Gasteiger partial charge on any atom is 0.257 e. The van der Waals surface area contributed by atoms with Crippen molar-refractivity contribution in [2.75, 3.05) is 12.3 Å². The van der Waals surface area contributed by atoms with E-state index in [1.54, 1.807) is 6.21 Å². The Morgan fingerprint density at radius 2 is 1.76 bits per heavy atom. The third kappa shape index (κ3) is 4.58. The molecule has 2 heterocycles. The number of nitrogens with zero attached hydrogens (tertiary/aromatic N) is 4. The van der Waals surface area contributed by atoms with Crippen LogP contribution in [0.1, 0.15) is 62.0 Å². The lowest BCUT2D eigenvalue weighted by molar-refractivity contribution is 0.0955. The average Bonchev–Trinajstić information content (AvgIpc) is 3.06. The number of fused-ring (bicyclic) bond motifs is 2. The predicted octanol–water partition coefficient (Wildman–Crippen LogP) is 4.88. The second-order valence-corrected chi connectivity index (χ2v) is 9.18. The first kappa shape index (κ1) is 22.5. The number of carbonyl (C=O) groups is 1. The number of nitrogen functional groups attached to an aromatic ring is 1. The van der Waals surface area contributed by atoms with E-state index in [1.807, 2.05) is 36.4 Å². The van der Waals surface area contributed by atoms with Gasteiger partial charge in [0.1, 0.15) is 16.9 Å². The molecular weight excluding hydrogens is 412 g/mol. The lowest BCUT2D eigenvalue weighted by Crippen LogP contribution is -2.25. The van der Waals surface area contributed by atoms with E-state index in [1.165, 1.54) is 10.2 Å². The van der Waals surface area contributed by atoms with Crippen LogP contribution in [-0.2, 0) is 5.41 Å². The summed E-state index contributed by atoms with van der Waals surface area (Å²) in [6.07, 6.45) is 3.60. The number of para-hydroxylation sites is 2. The molecule has 0 aliphatic heterocycles. The zero-order valence-electron chi connectivity index (χ0n) is 19.6. The molecule has 7 heteroatoms. The fourth-order valence-corrected chi connectivity index (χ4v) is 3.65. The first-order valence-corrected chi connectivity index (χ1v) is 11.3. The van der Waals surface area contributed by atoms with Crippen LogP contribution in [0.4, 0.5) is 5.82 Å². The van der Waals surface area contributed by atoms with Crippen LogP contribution in [0.2, 0.25) is 0 Å². The molecule has 2 aromatic heterocycles. The Hall–Kier alpha value is -3.74. The van der Waals surface area contributed by atoms with Crippen molar-refractivity contribution in [1.29, 1.82) is 0 Å². The standard InChI is InChI=1S/C26H30N6O/c1-5-6-15-28-25(33)21-22-24(31-20-10-8-7-9-19(20)30-22)32(23(21)27)29-16-17-11-13-18(14-12-17)26(2,3)4/h7-14,16H,5-6,15,27H2,1-4H3,(H,28,33)/b29-16-. The molecule has 7 nitrogen and oxygen atoms in total. The summed E-state index contributed by atoms with van der Waals surface area (Å²) in [5.41, 5.74) is 11.3. The van der Waals surface area contributed by atoms with Gasteiger partial charge in [0.25, 0.3) is 5.91 Å². The molecule has 0 unspecified atom stereocenters. The van der Waals surface area contributed by atoms with E-state index in [0.29, 0.717) is 34.3 Å². The first-order valence-electron chi connectivity index (χ1n) is 11.3. The third-order valence-electron chi connectivity index (χ3n) is 5.62. The minimum absolute atomic E-state index is 0.0768. The lowest BCUT2D eigenvalue weighted by atomic mass is 9.87. The molecule has 33 heavy (non-hydrogen) atoms. The highest BCUT2D eigenvalue weighted by atomic mass is 16.1. The number of hydrogen-bond donors (Lipinski definition) is 2. The summed E-state index contributed by atoms with van der Waals surface area (Å²) in [6.45, 7) is 9.19. The molecule has 0 atom stereocenters. The van der Waals surface area contributed by atoms with E-state index in [-0.39, 0.29) is 17.1 Å². The molecular formula is C26H30N6O. The van der Waals surface area contributed by atoms with Crippen LogP contribution in [0.15, 0.2) is 53.6 Å². The molecule has 170 valence electrons. The van der Waals surface area contributed by atoms with Crippen molar-refractivity contribution < 1.29 is 4.79 Å². The number of carbonyl (C=O) groups excluding carboxylic acids is 1. The Balaban J connectivity index is 1.79. The topological polar surface area (TPSA) is 98.2 Å². The van der Waals surface area contributed by atoms with Crippen LogP contribution in [0.5, 0.6) is 0 Å². The van der Waals surface area contributed by atoms with Crippen LogP contribution >= 0.6 is 0 Å². The molecule has 4 rings (SSSR count). The molecule has 0 bridgehead atoms. The van der Waals surface area contributed by atoms with Gasteiger partial charge < -0.3 is 11.1 Å². The van der Waals surface area contributed by atoms with Crippen LogP contribution in [0.3, 0.4) is 0 Å². The number of benzene rings is 2. The monoisotopic (exact) mass is 442 g/mol. The molecule has 0 radical (unpaired) electrons. The van der Waals surface area contributed by atoms with Crippen LogP contribution in [0.25, 0.3) is 22.2 Å². The molecule has 0 spiro atoms. The average molecular weight is 443 g/mol. The fraction of sp³-hybridized carbons (Fsp3) is 0.308. The highest BCUT2D eigenvalue weighted by molar-refractivity contribution is 6.10. The number of hydrogen-bond acceptors (Lipinski definition) is 5. The van der Waals surface area contributed by atoms with Crippen molar-refractivity contribution in [2.45, 2.75) is 46.0 Å². The van der Waals surface area contributed by atoms with Gasteiger partial charge in [0.15, 0.2) is 5.65 Å². The second kappa shape index (κ2) is 9.02. The summed E-state index contributed by atoms with van der Waals surface area (Å²) in [5, 5.41) is 7.52. The van der Waals surface area contributed by atoms with E-state index in [0.717, 1.165) is 18.4 Å². The summed E-state index contributed by atoms with van der Waals surface area (Å²) >= 11 is 0. The Kier molecular flexibility index (Phi) is 6.14. The SMILES string of the molecule is CCCCNC(=O)c1c(N)n(/N=C\c2ccc(C(C)(C)C)cc2)c2nc3ccccc3nc12. The smallest absolute Gasteiger partial charge is 0.257 e. The van der Waals surface area contributed by atoms with E-state index < -0.39 is 0 Å². The molecule has 0 aliphatic carbocycles. The number of amides is 1. The Labute approximate surface area is 193 Å². The summed E-state index contributed by atoms with van der Waals surface area (Å²) in [4.78, 5) is 22.4. The summed E-state index contributed by atoms with van der Waals surface area (Å²) < 4.78 is 1.50. The Morgan fingerprint density at radius 1 is 1.09 bits per heavy atom. The molecule has 3 N–H and O–H groups in total. The molecule has 1 amide bonds. The maximum atomic E-state index is 13.0. The van der Waals surface area contributed by atoms with E-state index in [9.17, 15) is 4.79 Å². The number of nitrogens with two attached hydrogens (primary N) is 1. The van der Waals surface area contributed by atoms with Gasteiger partial charge in [-0.2, -0.15) is 9.78 Å². The van der Waals surface area contributed by atoms with Crippen molar-refractivity contribution in [2.24, 2.45) is 5.10 Å². The van der Waals surface area contributed by atoms with Crippen molar-refractivity contribution in [1.82, 2.24) is 20.0 Å².